The van der Waals surface area contributed by atoms with Gasteiger partial charge in [-0.25, -0.2) is 0 Å². The van der Waals surface area contributed by atoms with Crippen LogP contribution in [0.5, 0.6) is 0 Å². The van der Waals surface area contributed by atoms with Gasteiger partial charge in [-0.05, 0) is 25.4 Å². The fourth-order valence-electron chi connectivity index (χ4n) is 1.81. The molecule has 0 amide bonds. The van der Waals surface area contributed by atoms with Crippen molar-refractivity contribution in [1.29, 1.82) is 0 Å². The zero-order valence-electron chi connectivity index (χ0n) is 11.1. The second-order valence-corrected chi connectivity index (χ2v) is 5.03. The van der Waals surface area contributed by atoms with Crippen LogP contribution in [0.15, 0.2) is 0 Å². The standard InChI is InChI=1S/C12H28N2O/c1-6-13-10-12(2,3)11-14(4)8-7-9-15-5/h13H,6-11H2,1-5H3. The zero-order valence-corrected chi connectivity index (χ0v) is 11.1. The SMILES string of the molecule is CCNCC(C)(C)CN(C)CCCOC. The number of ether oxygens (including phenoxy) is 1. The Morgan fingerprint density at radius 3 is 2.53 bits per heavy atom. The molecular weight excluding hydrogens is 188 g/mol. The number of hydrogen-bond acceptors (Lipinski definition) is 3. The molecule has 0 fully saturated rings. The topological polar surface area (TPSA) is 24.5 Å². The highest BCUT2D eigenvalue weighted by Crippen LogP contribution is 2.14. The molecule has 1 N–H and O–H groups in total. The Balaban J connectivity index is 3.67. The van der Waals surface area contributed by atoms with Gasteiger partial charge in [0, 0.05) is 33.4 Å². The molecule has 0 rings (SSSR count). The molecule has 0 unspecified atom stereocenters. The molecule has 0 spiro atoms. The Hall–Kier alpha value is -0.120. The smallest absolute Gasteiger partial charge is 0.0474 e. The van der Waals surface area contributed by atoms with Crippen molar-refractivity contribution in [3.8, 4) is 0 Å². The van der Waals surface area contributed by atoms with Gasteiger partial charge < -0.3 is 15.0 Å². The maximum atomic E-state index is 5.05. The van der Waals surface area contributed by atoms with E-state index >= 15 is 0 Å². The van der Waals surface area contributed by atoms with E-state index in [2.05, 4.69) is 38.0 Å². The van der Waals surface area contributed by atoms with Crippen LogP contribution < -0.4 is 5.32 Å². The van der Waals surface area contributed by atoms with E-state index in [4.69, 9.17) is 4.74 Å². The molecule has 0 radical (unpaired) electrons. The fraction of sp³-hybridized carbons (Fsp3) is 1.00. The van der Waals surface area contributed by atoms with Crippen molar-refractivity contribution in [2.75, 3.05) is 46.9 Å². The Morgan fingerprint density at radius 1 is 1.33 bits per heavy atom. The van der Waals surface area contributed by atoms with Gasteiger partial charge in [-0.1, -0.05) is 20.8 Å². The molecule has 0 atom stereocenters. The normalized spacial score (nSPS) is 12.4. The fourth-order valence-corrected chi connectivity index (χ4v) is 1.81. The van der Waals surface area contributed by atoms with Crippen molar-refractivity contribution in [2.24, 2.45) is 5.41 Å². The van der Waals surface area contributed by atoms with Crippen LogP contribution in [-0.2, 0) is 4.74 Å². The van der Waals surface area contributed by atoms with Crippen LogP contribution in [0.4, 0.5) is 0 Å². The van der Waals surface area contributed by atoms with Crippen molar-refractivity contribution >= 4 is 0 Å². The molecule has 3 heteroatoms. The lowest BCUT2D eigenvalue weighted by Gasteiger charge is -2.30. The van der Waals surface area contributed by atoms with Gasteiger partial charge in [0.15, 0.2) is 0 Å². The molecule has 0 saturated carbocycles. The lowest BCUT2D eigenvalue weighted by Crippen LogP contribution is -2.39. The third-order valence-electron chi connectivity index (χ3n) is 2.44. The Labute approximate surface area is 95.2 Å². The summed E-state index contributed by atoms with van der Waals surface area (Å²) in [6.07, 6.45) is 1.12. The molecule has 0 saturated heterocycles. The monoisotopic (exact) mass is 216 g/mol. The lowest BCUT2D eigenvalue weighted by molar-refractivity contribution is 0.159. The minimum atomic E-state index is 0.345. The average molecular weight is 216 g/mol. The van der Waals surface area contributed by atoms with Crippen molar-refractivity contribution in [1.82, 2.24) is 10.2 Å². The minimum Gasteiger partial charge on any atom is -0.385 e. The first kappa shape index (κ1) is 14.9. The second-order valence-electron chi connectivity index (χ2n) is 5.03. The summed E-state index contributed by atoms with van der Waals surface area (Å²) in [5.41, 5.74) is 0.345. The predicted molar refractivity (Wildman–Crippen MR) is 66.3 cm³/mol. The van der Waals surface area contributed by atoms with Crippen LogP contribution in [-0.4, -0.2) is 51.8 Å². The molecule has 0 heterocycles. The van der Waals surface area contributed by atoms with Crippen LogP contribution in [0, 0.1) is 5.41 Å². The third kappa shape index (κ3) is 8.85. The van der Waals surface area contributed by atoms with E-state index in [1.165, 1.54) is 0 Å². The molecule has 0 bridgehead atoms. The summed E-state index contributed by atoms with van der Waals surface area (Å²) in [6.45, 7) is 12.0. The predicted octanol–water partition coefficient (Wildman–Crippen LogP) is 1.59. The summed E-state index contributed by atoms with van der Waals surface area (Å²) < 4.78 is 5.05. The maximum Gasteiger partial charge on any atom is 0.0474 e. The number of nitrogens with zero attached hydrogens (tertiary/aromatic N) is 1. The summed E-state index contributed by atoms with van der Waals surface area (Å²) >= 11 is 0. The van der Waals surface area contributed by atoms with Gasteiger partial charge in [0.05, 0.1) is 0 Å². The molecule has 0 aliphatic rings. The highest BCUT2D eigenvalue weighted by Gasteiger charge is 2.18. The van der Waals surface area contributed by atoms with Crippen LogP contribution in [0.2, 0.25) is 0 Å². The van der Waals surface area contributed by atoms with Gasteiger partial charge in [0.2, 0.25) is 0 Å². The Morgan fingerprint density at radius 2 is 2.00 bits per heavy atom. The Bertz CT molecular complexity index is 149. The van der Waals surface area contributed by atoms with Crippen molar-refractivity contribution in [3.05, 3.63) is 0 Å². The largest absolute Gasteiger partial charge is 0.385 e. The minimum absolute atomic E-state index is 0.345. The van der Waals surface area contributed by atoms with Gasteiger partial charge in [-0.2, -0.15) is 0 Å². The zero-order chi connectivity index (χ0) is 11.7. The first-order valence-electron chi connectivity index (χ1n) is 5.90. The summed E-state index contributed by atoms with van der Waals surface area (Å²) in [4.78, 5) is 2.39. The summed E-state index contributed by atoms with van der Waals surface area (Å²) in [7, 11) is 3.94. The first-order chi connectivity index (χ1) is 7.02. The molecule has 15 heavy (non-hydrogen) atoms. The molecule has 0 aliphatic carbocycles. The molecule has 0 aromatic rings. The van der Waals surface area contributed by atoms with Gasteiger partial charge in [-0.3, -0.25) is 0 Å². The van der Waals surface area contributed by atoms with Gasteiger partial charge >= 0.3 is 0 Å². The van der Waals surface area contributed by atoms with Gasteiger partial charge in [-0.15, -0.1) is 0 Å². The molecule has 0 aromatic carbocycles. The van der Waals surface area contributed by atoms with Gasteiger partial charge in [0.25, 0.3) is 0 Å². The molecule has 92 valence electrons. The summed E-state index contributed by atoms with van der Waals surface area (Å²) in [5.74, 6) is 0. The quantitative estimate of drug-likeness (QED) is 0.592. The third-order valence-corrected chi connectivity index (χ3v) is 2.44. The molecule has 3 nitrogen and oxygen atoms in total. The lowest BCUT2D eigenvalue weighted by atomic mass is 9.93. The van der Waals surface area contributed by atoms with E-state index in [1.54, 1.807) is 7.11 Å². The van der Waals surface area contributed by atoms with Crippen LogP contribution >= 0.6 is 0 Å². The van der Waals surface area contributed by atoms with Crippen molar-refractivity contribution < 1.29 is 4.74 Å². The molecule has 0 aromatic heterocycles. The molecular formula is C12H28N2O. The van der Waals surface area contributed by atoms with Gasteiger partial charge in [0.1, 0.15) is 0 Å². The summed E-state index contributed by atoms with van der Waals surface area (Å²) in [5, 5.41) is 3.41. The highest BCUT2D eigenvalue weighted by atomic mass is 16.5. The average Bonchev–Trinajstić information content (AvgIpc) is 2.14. The van der Waals surface area contributed by atoms with Crippen LogP contribution in [0.25, 0.3) is 0 Å². The first-order valence-corrected chi connectivity index (χ1v) is 5.90. The number of methoxy groups -OCH3 is 1. The van der Waals surface area contributed by atoms with Crippen molar-refractivity contribution in [3.63, 3.8) is 0 Å². The maximum absolute atomic E-state index is 5.05. The highest BCUT2D eigenvalue weighted by molar-refractivity contribution is 4.74. The second kappa shape index (κ2) is 8.08. The number of nitrogens with one attached hydrogen (secondary N) is 1. The Kier molecular flexibility index (Phi) is 8.02. The van der Waals surface area contributed by atoms with E-state index in [0.29, 0.717) is 5.41 Å². The molecule has 0 aliphatic heterocycles. The van der Waals surface area contributed by atoms with E-state index in [0.717, 1.165) is 39.2 Å². The van der Waals surface area contributed by atoms with Crippen molar-refractivity contribution in [2.45, 2.75) is 27.2 Å². The van der Waals surface area contributed by atoms with E-state index in [9.17, 15) is 0 Å². The van der Waals surface area contributed by atoms with Crippen LogP contribution in [0.1, 0.15) is 27.2 Å². The van der Waals surface area contributed by atoms with Crippen LogP contribution in [0.3, 0.4) is 0 Å². The number of hydrogen-bond donors (Lipinski definition) is 1. The van der Waals surface area contributed by atoms with E-state index in [1.807, 2.05) is 0 Å². The van der Waals surface area contributed by atoms with E-state index in [-0.39, 0.29) is 0 Å². The summed E-state index contributed by atoms with van der Waals surface area (Å²) in [6, 6.07) is 0. The van der Waals surface area contributed by atoms with E-state index < -0.39 is 0 Å². The number of rotatable bonds is 9.